The Morgan fingerprint density at radius 2 is 2.26 bits per heavy atom. The lowest BCUT2D eigenvalue weighted by molar-refractivity contribution is 0.0525. The van der Waals surface area contributed by atoms with E-state index >= 15 is 0 Å². The predicted octanol–water partition coefficient (Wildman–Crippen LogP) is 0.794. The van der Waals surface area contributed by atoms with Crippen molar-refractivity contribution in [2.45, 2.75) is 13.5 Å². The van der Waals surface area contributed by atoms with E-state index in [1.807, 2.05) is 0 Å². The summed E-state index contributed by atoms with van der Waals surface area (Å²) in [5.41, 5.74) is 0.256. The molecule has 0 amide bonds. The number of ether oxygens (including phenoxy) is 1. The van der Waals surface area contributed by atoms with Gasteiger partial charge in [-0.1, -0.05) is 5.16 Å². The van der Waals surface area contributed by atoms with E-state index in [1.165, 1.54) is 17.1 Å². The molecule has 0 spiro atoms. The molecule has 0 aromatic carbocycles. The fraction of sp³-hybridized carbons (Fsp3) is 0.273. The third-order valence-electron chi connectivity index (χ3n) is 2.33. The van der Waals surface area contributed by atoms with Crippen molar-refractivity contribution >= 4 is 11.9 Å². The number of rotatable bonds is 5. The molecule has 0 bridgehead atoms. The molecule has 0 fully saturated rings. The second kappa shape index (κ2) is 5.34. The molecule has 0 aliphatic heterocycles. The summed E-state index contributed by atoms with van der Waals surface area (Å²) in [6.07, 6.45) is 3.91. The van der Waals surface area contributed by atoms with Crippen molar-refractivity contribution in [3.63, 3.8) is 0 Å². The van der Waals surface area contributed by atoms with Crippen LogP contribution in [-0.4, -0.2) is 38.6 Å². The number of carbonyl (C=O) groups is 2. The molecule has 8 heteroatoms. The van der Waals surface area contributed by atoms with Crippen LogP contribution in [0.15, 0.2) is 23.1 Å². The van der Waals surface area contributed by atoms with Crippen molar-refractivity contribution in [1.29, 1.82) is 0 Å². The number of carboxylic acid groups (broad SMARTS) is 1. The monoisotopic (exact) mass is 265 g/mol. The highest BCUT2D eigenvalue weighted by Gasteiger charge is 2.16. The van der Waals surface area contributed by atoms with Gasteiger partial charge < -0.3 is 14.4 Å². The molecular formula is C11H11N3O5. The summed E-state index contributed by atoms with van der Waals surface area (Å²) in [6.45, 7) is 2.05. The lowest BCUT2D eigenvalue weighted by atomic mass is 10.2. The summed E-state index contributed by atoms with van der Waals surface area (Å²) in [5.74, 6) is -1.45. The van der Waals surface area contributed by atoms with Gasteiger partial charge in [-0.3, -0.25) is 4.68 Å². The summed E-state index contributed by atoms with van der Waals surface area (Å²) < 4.78 is 11.0. The minimum Gasteiger partial charge on any atom is -0.478 e. The van der Waals surface area contributed by atoms with Crippen LogP contribution >= 0.6 is 0 Å². The highest BCUT2D eigenvalue weighted by atomic mass is 16.5. The lowest BCUT2D eigenvalue weighted by Gasteiger charge is -1.98. The maximum Gasteiger partial charge on any atom is 0.341 e. The summed E-state index contributed by atoms with van der Waals surface area (Å²) >= 11 is 0. The topological polar surface area (TPSA) is 107 Å². The van der Waals surface area contributed by atoms with Crippen LogP contribution in [0.2, 0.25) is 0 Å². The first kappa shape index (κ1) is 12.8. The van der Waals surface area contributed by atoms with Crippen LogP contribution in [0, 0.1) is 0 Å². The number of carboxylic acids is 1. The van der Waals surface area contributed by atoms with Crippen LogP contribution in [0.25, 0.3) is 0 Å². The lowest BCUT2D eigenvalue weighted by Crippen LogP contribution is -2.06. The molecule has 0 aliphatic rings. The fourth-order valence-corrected chi connectivity index (χ4v) is 1.47. The first-order valence-corrected chi connectivity index (χ1v) is 5.48. The second-order valence-corrected chi connectivity index (χ2v) is 3.61. The molecule has 0 atom stereocenters. The summed E-state index contributed by atoms with van der Waals surface area (Å²) in [5, 5.41) is 16.2. The first-order chi connectivity index (χ1) is 9.11. The SMILES string of the molecule is CCOC(=O)c1cnn(Cc2oncc2C(=O)O)c1. The molecule has 19 heavy (non-hydrogen) atoms. The van der Waals surface area contributed by atoms with E-state index in [0.717, 1.165) is 6.20 Å². The molecule has 2 aromatic rings. The fourth-order valence-electron chi connectivity index (χ4n) is 1.47. The zero-order chi connectivity index (χ0) is 13.8. The van der Waals surface area contributed by atoms with Gasteiger partial charge in [0, 0.05) is 6.20 Å². The zero-order valence-corrected chi connectivity index (χ0v) is 10.1. The minimum absolute atomic E-state index is 0.0341. The van der Waals surface area contributed by atoms with Crippen LogP contribution in [0.3, 0.4) is 0 Å². The standard InChI is InChI=1S/C11H11N3O5/c1-2-18-11(17)7-3-12-14(5-7)6-9-8(10(15)16)4-13-19-9/h3-5H,2,6H2,1H3,(H,15,16). The van der Waals surface area contributed by atoms with Crippen molar-refractivity contribution in [3.05, 3.63) is 35.5 Å². The van der Waals surface area contributed by atoms with Gasteiger partial charge in [0.15, 0.2) is 5.76 Å². The summed E-state index contributed by atoms with van der Waals surface area (Å²) in [4.78, 5) is 22.3. The van der Waals surface area contributed by atoms with E-state index in [2.05, 4.69) is 10.3 Å². The molecule has 1 N–H and O–H groups in total. The van der Waals surface area contributed by atoms with E-state index in [9.17, 15) is 9.59 Å². The number of hydrogen-bond donors (Lipinski definition) is 1. The molecule has 0 unspecified atom stereocenters. The van der Waals surface area contributed by atoms with Gasteiger partial charge >= 0.3 is 11.9 Å². The van der Waals surface area contributed by atoms with Gasteiger partial charge in [-0.05, 0) is 6.92 Å². The smallest absolute Gasteiger partial charge is 0.341 e. The third-order valence-corrected chi connectivity index (χ3v) is 2.33. The average Bonchev–Trinajstić information content (AvgIpc) is 2.99. The summed E-state index contributed by atoms with van der Waals surface area (Å²) in [7, 11) is 0. The molecule has 2 heterocycles. The van der Waals surface area contributed by atoms with E-state index in [0.29, 0.717) is 5.56 Å². The Morgan fingerprint density at radius 3 is 2.95 bits per heavy atom. The van der Waals surface area contributed by atoms with Gasteiger partial charge in [0.1, 0.15) is 12.1 Å². The van der Waals surface area contributed by atoms with Crippen LogP contribution < -0.4 is 0 Å². The minimum atomic E-state index is -1.13. The highest BCUT2D eigenvalue weighted by Crippen LogP contribution is 2.10. The van der Waals surface area contributed by atoms with Crippen molar-refractivity contribution < 1.29 is 24.0 Å². The van der Waals surface area contributed by atoms with E-state index < -0.39 is 11.9 Å². The normalized spacial score (nSPS) is 10.4. The van der Waals surface area contributed by atoms with Crippen molar-refractivity contribution in [2.75, 3.05) is 6.61 Å². The molecular weight excluding hydrogens is 254 g/mol. The highest BCUT2D eigenvalue weighted by molar-refractivity contribution is 5.89. The van der Waals surface area contributed by atoms with Gasteiger partial charge in [0.2, 0.25) is 0 Å². The quantitative estimate of drug-likeness (QED) is 0.796. The van der Waals surface area contributed by atoms with Crippen LogP contribution in [0.5, 0.6) is 0 Å². The Labute approximate surface area is 107 Å². The molecule has 0 saturated heterocycles. The molecule has 2 rings (SSSR count). The Balaban J connectivity index is 2.14. The molecule has 2 aromatic heterocycles. The number of aromatic nitrogens is 3. The van der Waals surface area contributed by atoms with Crippen LogP contribution in [-0.2, 0) is 11.3 Å². The molecule has 0 radical (unpaired) electrons. The maximum atomic E-state index is 11.4. The zero-order valence-electron chi connectivity index (χ0n) is 10.1. The predicted molar refractivity (Wildman–Crippen MR) is 60.7 cm³/mol. The third kappa shape index (κ3) is 2.79. The maximum absolute atomic E-state index is 11.4. The first-order valence-electron chi connectivity index (χ1n) is 5.48. The van der Waals surface area contributed by atoms with E-state index in [4.69, 9.17) is 14.4 Å². The molecule has 0 aliphatic carbocycles. The Bertz CT molecular complexity index is 601. The molecule has 8 nitrogen and oxygen atoms in total. The van der Waals surface area contributed by atoms with Crippen LogP contribution in [0.1, 0.15) is 33.4 Å². The Hall–Kier alpha value is -2.64. The molecule has 100 valence electrons. The summed E-state index contributed by atoms with van der Waals surface area (Å²) in [6, 6.07) is 0. The number of aromatic carboxylic acids is 1. The number of hydrogen-bond acceptors (Lipinski definition) is 6. The van der Waals surface area contributed by atoms with Gasteiger partial charge in [-0.2, -0.15) is 5.10 Å². The van der Waals surface area contributed by atoms with Gasteiger partial charge in [0.25, 0.3) is 0 Å². The van der Waals surface area contributed by atoms with Crippen molar-refractivity contribution in [2.24, 2.45) is 0 Å². The van der Waals surface area contributed by atoms with Gasteiger partial charge in [0.05, 0.1) is 24.6 Å². The van der Waals surface area contributed by atoms with E-state index in [-0.39, 0.29) is 24.5 Å². The second-order valence-electron chi connectivity index (χ2n) is 3.61. The van der Waals surface area contributed by atoms with Crippen molar-refractivity contribution in [3.8, 4) is 0 Å². The van der Waals surface area contributed by atoms with Gasteiger partial charge in [-0.25, -0.2) is 9.59 Å². The van der Waals surface area contributed by atoms with Crippen LogP contribution in [0.4, 0.5) is 0 Å². The average molecular weight is 265 g/mol. The Kier molecular flexibility index (Phi) is 3.60. The number of esters is 1. The Morgan fingerprint density at radius 1 is 1.47 bits per heavy atom. The van der Waals surface area contributed by atoms with Crippen molar-refractivity contribution in [1.82, 2.24) is 14.9 Å². The van der Waals surface area contributed by atoms with Gasteiger partial charge in [-0.15, -0.1) is 0 Å². The number of nitrogens with zero attached hydrogens (tertiary/aromatic N) is 3. The largest absolute Gasteiger partial charge is 0.478 e. The molecule has 0 saturated carbocycles. The number of carbonyl (C=O) groups excluding carboxylic acids is 1. The van der Waals surface area contributed by atoms with E-state index in [1.54, 1.807) is 6.92 Å².